The van der Waals surface area contributed by atoms with E-state index in [1.54, 1.807) is 6.07 Å². The molecule has 0 saturated carbocycles. The second-order valence-electron chi connectivity index (χ2n) is 4.85. The molecule has 1 unspecified atom stereocenters. The van der Waals surface area contributed by atoms with Crippen molar-refractivity contribution >= 4 is 9.84 Å². The molecule has 0 bridgehead atoms. The summed E-state index contributed by atoms with van der Waals surface area (Å²) in [4.78, 5) is 0.515. The quantitative estimate of drug-likeness (QED) is 0.827. The zero-order chi connectivity index (χ0) is 12.6. The predicted molar refractivity (Wildman–Crippen MR) is 68.4 cm³/mol. The first-order chi connectivity index (χ1) is 8.67. The van der Waals surface area contributed by atoms with Crippen LogP contribution in [0, 0.1) is 0 Å². The highest BCUT2D eigenvalue weighted by Crippen LogP contribution is 2.29. The Morgan fingerprint density at radius 1 is 1.33 bits per heavy atom. The number of hydrogen-bond donors (Lipinski definition) is 1. The Bertz CT molecular complexity index is 547. The first kappa shape index (κ1) is 12.1. The second-order valence-corrected chi connectivity index (χ2v) is 6.93. The average Bonchev–Trinajstić information content (AvgIpc) is 2.39. The highest BCUT2D eigenvalue weighted by atomic mass is 32.2. The largest absolute Gasteiger partial charge is 0.371 e. The maximum atomic E-state index is 11.9. The van der Waals surface area contributed by atoms with Crippen molar-refractivity contribution in [3.05, 3.63) is 29.3 Å². The van der Waals surface area contributed by atoms with Gasteiger partial charge in [-0.2, -0.15) is 0 Å². The monoisotopic (exact) mass is 267 g/mol. The van der Waals surface area contributed by atoms with Crippen LogP contribution in [-0.4, -0.2) is 33.9 Å². The third-order valence-electron chi connectivity index (χ3n) is 3.58. The molecule has 2 aliphatic heterocycles. The van der Waals surface area contributed by atoms with E-state index in [1.165, 1.54) is 0 Å². The molecule has 18 heavy (non-hydrogen) atoms. The fourth-order valence-corrected chi connectivity index (χ4v) is 4.22. The van der Waals surface area contributed by atoms with Crippen LogP contribution in [0.2, 0.25) is 0 Å². The summed E-state index contributed by atoms with van der Waals surface area (Å²) in [7, 11) is -3.05. The van der Waals surface area contributed by atoms with Crippen molar-refractivity contribution in [2.75, 3.05) is 25.4 Å². The predicted octanol–water partition coefficient (Wildman–Crippen LogP) is 1.07. The third kappa shape index (κ3) is 2.18. The van der Waals surface area contributed by atoms with Gasteiger partial charge in [-0.05, 0) is 30.0 Å². The Kier molecular flexibility index (Phi) is 3.13. The molecule has 2 heterocycles. The van der Waals surface area contributed by atoms with E-state index in [4.69, 9.17) is 4.74 Å². The minimum absolute atomic E-state index is 0.0497. The van der Waals surface area contributed by atoms with Gasteiger partial charge in [0.05, 0.1) is 23.4 Å². The fraction of sp³-hybridized carbons (Fsp3) is 0.538. The van der Waals surface area contributed by atoms with Crippen molar-refractivity contribution in [3.63, 3.8) is 0 Å². The van der Waals surface area contributed by atoms with Gasteiger partial charge in [0, 0.05) is 13.1 Å². The molecule has 0 spiro atoms. The number of fused-ring (bicyclic) bond motifs is 1. The summed E-state index contributed by atoms with van der Waals surface area (Å²) in [5, 5.41) is 3.29. The van der Waals surface area contributed by atoms with Crippen LogP contribution in [0.25, 0.3) is 0 Å². The van der Waals surface area contributed by atoms with Gasteiger partial charge in [0.1, 0.15) is 0 Å². The lowest BCUT2D eigenvalue weighted by Crippen LogP contribution is -2.33. The second kappa shape index (κ2) is 4.64. The lowest BCUT2D eigenvalue weighted by Gasteiger charge is -2.25. The average molecular weight is 267 g/mol. The lowest BCUT2D eigenvalue weighted by molar-refractivity contribution is 0.0276. The fourth-order valence-electron chi connectivity index (χ4n) is 2.64. The van der Waals surface area contributed by atoms with E-state index in [9.17, 15) is 8.42 Å². The Balaban J connectivity index is 1.95. The van der Waals surface area contributed by atoms with Crippen molar-refractivity contribution < 1.29 is 13.2 Å². The lowest BCUT2D eigenvalue weighted by atomic mass is 10.0. The molecular formula is C13H17NO3S. The zero-order valence-electron chi connectivity index (χ0n) is 10.2. The molecule has 5 heteroatoms. The number of nitrogens with one attached hydrogen (secondary N) is 1. The van der Waals surface area contributed by atoms with Gasteiger partial charge >= 0.3 is 0 Å². The van der Waals surface area contributed by atoms with Crippen molar-refractivity contribution in [3.8, 4) is 0 Å². The molecule has 1 atom stereocenters. The number of morpholine rings is 1. The van der Waals surface area contributed by atoms with Crippen molar-refractivity contribution in [1.29, 1.82) is 0 Å². The minimum atomic E-state index is -3.05. The van der Waals surface area contributed by atoms with Crippen molar-refractivity contribution in [1.82, 2.24) is 5.32 Å². The van der Waals surface area contributed by atoms with Gasteiger partial charge in [0.2, 0.25) is 0 Å². The number of rotatable bonds is 1. The Labute approximate surface area is 107 Å². The van der Waals surface area contributed by atoms with Gasteiger partial charge < -0.3 is 10.1 Å². The first-order valence-corrected chi connectivity index (χ1v) is 8.00. The van der Waals surface area contributed by atoms with Gasteiger partial charge in [-0.25, -0.2) is 8.42 Å². The molecule has 1 N–H and O–H groups in total. The highest BCUT2D eigenvalue weighted by molar-refractivity contribution is 7.91. The number of ether oxygens (including phenoxy) is 1. The number of hydrogen-bond acceptors (Lipinski definition) is 4. The van der Waals surface area contributed by atoms with E-state index in [2.05, 4.69) is 5.32 Å². The number of benzene rings is 1. The van der Waals surface area contributed by atoms with E-state index in [-0.39, 0.29) is 11.9 Å². The van der Waals surface area contributed by atoms with Crippen molar-refractivity contribution in [2.24, 2.45) is 0 Å². The summed E-state index contributed by atoms with van der Waals surface area (Å²) in [5.74, 6) is 0.279. The van der Waals surface area contributed by atoms with Gasteiger partial charge in [-0.1, -0.05) is 12.1 Å². The Hall–Kier alpha value is -0.910. The summed E-state index contributed by atoms with van der Waals surface area (Å²) in [6, 6.07) is 5.64. The molecule has 4 nitrogen and oxygen atoms in total. The summed E-state index contributed by atoms with van der Waals surface area (Å²) in [5.41, 5.74) is 2.03. The van der Waals surface area contributed by atoms with Crippen molar-refractivity contribution in [2.45, 2.75) is 23.8 Å². The van der Waals surface area contributed by atoms with Crippen LogP contribution in [0.3, 0.4) is 0 Å². The molecule has 1 saturated heterocycles. The topological polar surface area (TPSA) is 55.4 Å². The molecule has 0 amide bonds. The van der Waals surface area contributed by atoms with E-state index in [0.717, 1.165) is 37.1 Å². The van der Waals surface area contributed by atoms with Crippen LogP contribution in [0.5, 0.6) is 0 Å². The SMILES string of the molecule is O=S1(=O)CCCc2cc(C3CNCCO3)ccc21. The van der Waals surface area contributed by atoms with Gasteiger partial charge in [0.25, 0.3) is 0 Å². The molecular weight excluding hydrogens is 250 g/mol. The maximum absolute atomic E-state index is 11.9. The van der Waals surface area contributed by atoms with E-state index < -0.39 is 9.84 Å². The summed E-state index contributed by atoms with van der Waals surface area (Å²) in [6.07, 6.45) is 1.62. The summed E-state index contributed by atoms with van der Waals surface area (Å²) < 4.78 is 29.5. The molecule has 1 aromatic rings. The summed E-state index contributed by atoms with van der Waals surface area (Å²) in [6.45, 7) is 2.39. The Morgan fingerprint density at radius 2 is 2.22 bits per heavy atom. The maximum Gasteiger partial charge on any atom is 0.178 e. The van der Waals surface area contributed by atoms with Crippen LogP contribution in [0.4, 0.5) is 0 Å². The molecule has 0 aromatic heterocycles. The van der Waals surface area contributed by atoms with Gasteiger partial charge in [-0.15, -0.1) is 0 Å². The van der Waals surface area contributed by atoms with Crippen LogP contribution in [-0.2, 0) is 21.0 Å². The van der Waals surface area contributed by atoms with Gasteiger partial charge in [0.15, 0.2) is 9.84 Å². The minimum Gasteiger partial charge on any atom is -0.371 e. The van der Waals surface area contributed by atoms with E-state index in [1.807, 2.05) is 12.1 Å². The smallest absolute Gasteiger partial charge is 0.178 e. The molecule has 1 aromatic carbocycles. The molecule has 0 radical (unpaired) electrons. The normalized spacial score (nSPS) is 26.6. The number of sulfone groups is 1. The molecule has 98 valence electrons. The van der Waals surface area contributed by atoms with Gasteiger partial charge in [-0.3, -0.25) is 0 Å². The molecule has 2 aliphatic rings. The van der Waals surface area contributed by atoms with Crippen LogP contribution < -0.4 is 5.32 Å². The highest BCUT2D eigenvalue weighted by Gasteiger charge is 2.25. The van der Waals surface area contributed by atoms with E-state index in [0.29, 0.717) is 11.5 Å². The van der Waals surface area contributed by atoms with Crippen LogP contribution >= 0.6 is 0 Å². The number of aryl methyl sites for hydroxylation is 1. The summed E-state index contributed by atoms with van der Waals surface area (Å²) >= 11 is 0. The van der Waals surface area contributed by atoms with E-state index >= 15 is 0 Å². The Morgan fingerprint density at radius 3 is 3.00 bits per heavy atom. The zero-order valence-corrected chi connectivity index (χ0v) is 11.0. The van der Waals surface area contributed by atoms with Crippen LogP contribution in [0.15, 0.2) is 23.1 Å². The molecule has 1 fully saturated rings. The first-order valence-electron chi connectivity index (χ1n) is 6.35. The van der Waals surface area contributed by atoms with Crippen LogP contribution in [0.1, 0.15) is 23.7 Å². The molecule has 0 aliphatic carbocycles. The standard InChI is InChI=1S/C13H17NO3S/c15-18(16)7-1-2-11-8-10(3-4-13(11)18)12-9-14-5-6-17-12/h3-4,8,12,14H,1-2,5-7,9H2. The molecule has 3 rings (SSSR count). The third-order valence-corrected chi connectivity index (χ3v) is 5.47.